The average Bonchev–Trinajstić information content (AvgIpc) is 3.56. The molecule has 0 saturated carbocycles. The molecule has 1 aliphatic rings. The van der Waals surface area contributed by atoms with Crippen LogP contribution in [0.3, 0.4) is 0 Å². The zero-order valence-corrected chi connectivity index (χ0v) is 20.2. The minimum absolute atomic E-state index is 0.106. The van der Waals surface area contributed by atoms with Crippen LogP contribution in [0.25, 0.3) is 10.9 Å². The fourth-order valence-corrected chi connectivity index (χ4v) is 4.91. The van der Waals surface area contributed by atoms with E-state index >= 15 is 0 Å². The first-order chi connectivity index (χ1) is 16.5. The lowest BCUT2D eigenvalue weighted by molar-refractivity contribution is -0.137. The molecule has 1 aromatic carbocycles. The third-order valence-corrected chi connectivity index (χ3v) is 6.87. The van der Waals surface area contributed by atoms with Gasteiger partial charge in [0.15, 0.2) is 17.2 Å². The first-order valence-electron chi connectivity index (χ1n) is 10.5. The van der Waals surface area contributed by atoms with Crippen LogP contribution in [0.1, 0.15) is 35.2 Å². The van der Waals surface area contributed by atoms with Gasteiger partial charge in [0.25, 0.3) is 5.91 Å². The normalized spacial score (nSPS) is 16.0. The van der Waals surface area contributed by atoms with Gasteiger partial charge in [0.1, 0.15) is 11.4 Å². The summed E-state index contributed by atoms with van der Waals surface area (Å²) in [6, 6.07) is 5.47. The summed E-state index contributed by atoms with van der Waals surface area (Å²) >= 11 is 4.69. The molecule has 0 radical (unpaired) electrons. The molecule has 1 atom stereocenters. The van der Waals surface area contributed by atoms with Crippen molar-refractivity contribution in [3.05, 3.63) is 46.1 Å². The number of hydrogen-bond donors (Lipinski definition) is 3. The number of benzene rings is 1. The molecule has 1 fully saturated rings. The molecule has 1 unspecified atom stereocenters. The van der Waals surface area contributed by atoms with Crippen molar-refractivity contribution in [2.45, 2.75) is 32.0 Å². The lowest BCUT2D eigenvalue weighted by Crippen LogP contribution is -2.19. The maximum absolute atomic E-state index is 13.0. The monoisotopic (exact) mass is 545 g/mol. The second-order valence-electron chi connectivity index (χ2n) is 7.67. The molecule has 1 saturated heterocycles. The van der Waals surface area contributed by atoms with Crippen LogP contribution >= 0.6 is 27.3 Å². The summed E-state index contributed by atoms with van der Waals surface area (Å²) in [6.07, 6.45) is 7.70. The van der Waals surface area contributed by atoms with E-state index in [9.17, 15) is 9.59 Å². The van der Waals surface area contributed by atoms with Gasteiger partial charge in [0.05, 0.1) is 23.6 Å². The number of carboxylic acids is 1. The molecule has 1 aliphatic heterocycles. The van der Waals surface area contributed by atoms with Crippen LogP contribution in [0, 0.1) is 0 Å². The van der Waals surface area contributed by atoms with Crippen LogP contribution < -0.4 is 10.6 Å². The number of ether oxygens (including phenoxy) is 1. The Morgan fingerprint density at radius 3 is 2.94 bits per heavy atom. The van der Waals surface area contributed by atoms with E-state index in [0.717, 1.165) is 46.0 Å². The molecule has 34 heavy (non-hydrogen) atoms. The highest BCUT2D eigenvalue weighted by Crippen LogP contribution is 2.35. The van der Waals surface area contributed by atoms with E-state index in [4.69, 9.17) is 9.84 Å². The summed E-state index contributed by atoms with van der Waals surface area (Å²) in [5.41, 5.74) is 1.51. The lowest BCUT2D eigenvalue weighted by atomic mass is 10.1. The van der Waals surface area contributed by atoms with Gasteiger partial charge in [-0.3, -0.25) is 14.3 Å². The molecule has 1 amide bonds. The second-order valence-corrected chi connectivity index (χ2v) is 9.55. The van der Waals surface area contributed by atoms with Gasteiger partial charge in [0.2, 0.25) is 0 Å². The number of nitrogens with zero attached hydrogens (tertiary/aromatic N) is 5. The number of aromatic nitrogens is 5. The largest absolute Gasteiger partial charge is 0.480 e. The number of thiazole rings is 1. The Hall–Kier alpha value is -3.29. The molecular formula is C21H20BrN7O4S. The predicted octanol–water partition coefficient (Wildman–Crippen LogP) is 4.23. The number of carbonyl (C=O) groups is 2. The van der Waals surface area contributed by atoms with Gasteiger partial charge in [-0.05, 0) is 47.3 Å². The lowest BCUT2D eigenvalue weighted by Gasteiger charge is -2.23. The maximum Gasteiger partial charge on any atom is 0.325 e. The van der Waals surface area contributed by atoms with Gasteiger partial charge < -0.3 is 20.5 Å². The zero-order chi connectivity index (χ0) is 23.7. The summed E-state index contributed by atoms with van der Waals surface area (Å²) in [7, 11) is 0. The van der Waals surface area contributed by atoms with Crippen LogP contribution in [0.4, 0.5) is 16.6 Å². The van der Waals surface area contributed by atoms with Crippen LogP contribution in [0.5, 0.6) is 0 Å². The Morgan fingerprint density at radius 2 is 2.15 bits per heavy atom. The fourth-order valence-electron chi connectivity index (χ4n) is 3.74. The third-order valence-electron chi connectivity index (χ3n) is 5.30. The summed E-state index contributed by atoms with van der Waals surface area (Å²) in [5, 5.41) is 24.7. The first-order valence-corrected chi connectivity index (χ1v) is 12.2. The molecule has 3 N–H and O–H groups in total. The van der Waals surface area contributed by atoms with Crippen molar-refractivity contribution in [1.82, 2.24) is 24.5 Å². The highest BCUT2D eigenvalue weighted by molar-refractivity contribution is 9.10. The summed E-state index contributed by atoms with van der Waals surface area (Å²) in [4.78, 5) is 28.4. The van der Waals surface area contributed by atoms with Gasteiger partial charge in [-0.2, -0.15) is 10.2 Å². The number of fused-ring (bicyclic) bond motifs is 1. The van der Waals surface area contributed by atoms with E-state index in [1.807, 2.05) is 16.8 Å². The maximum atomic E-state index is 13.0. The molecule has 0 bridgehead atoms. The Labute approximate surface area is 205 Å². The number of anilines is 3. The van der Waals surface area contributed by atoms with Gasteiger partial charge >= 0.3 is 5.97 Å². The van der Waals surface area contributed by atoms with Crippen molar-refractivity contribution < 1.29 is 19.4 Å². The van der Waals surface area contributed by atoms with E-state index in [1.165, 1.54) is 10.9 Å². The third kappa shape index (κ3) is 4.67. The second kappa shape index (κ2) is 9.52. The molecule has 0 spiro atoms. The summed E-state index contributed by atoms with van der Waals surface area (Å²) in [6.45, 7) is 0.477. The highest BCUT2D eigenvalue weighted by Gasteiger charge is 2.21. The van der Waals surface area contributed by atoms with E-state index in [2.05, 4.69) is 41.7 Å². The Morgan fingerprint density at radius 1 is 1.26 bits per heavy atom. The Balaban J connectivity index is 1.32. The summed E-state index contributed by atoms with van der Waals surface area (Å²) < 4.78 is 9.78. The molecule has 5 rings (SSSR count). The standard InChI is InChI=1S/C21H20BrN7O4S/c22-13-4-5-14-12(9-24-29(14)17-3-1-2-8-33-17)19(13)26-20(32)15-10-23-21(34-15)25-16-6-7-28(27-16)11-18(30)31/h4-7,9-10,17H,1-3,8,11H2,(H,26,32)(H,30,31)(H,23,25,27). The van der Waals surface area contributed by atoms with Gasteiger partial charge in [-0.1, -0.05) is 11.3 Å². The molecule has 4 aromatic rings. The van der Waals surface area contributed by atoms with E-state index in [1.54, 1.807) is 18.5 Å². The number of amides is 1. The number of rotatable bonds is 7. The number of hydrogen-bond acceptors (Lipinski definition) is 8. The van der Waals surface area contributed by atoms with E-state index in [-0.39, 0.29) is 18.7 Å². The Kier molecular flexibility index (Phi) is 6.30. The van der Waals surface area contributed by atoms with Crippen molar-refractivity contribution in [2.24, 2.45) is 0 Å². The van der Waals surface area contributed by atoms with E-state index < -0.39 is 5.97 Å². The summed E-state index contributed by atoms with van der Waals surface area (Å²) in [5.74, 6) is -0.856. The SMILES string of the molecule is O=C(O)Cn1ccc(Nc2ncc(C(=O)Nc3c(Br)ccc4c3cnn4C3CCCCO3)s2)n1. The fraction of sp³-hybridized carbons (Fsp3) is 0.286. The quantitative estimate of drug-likeness (QED) is 0.313. The molecule has 4 heterocycles. The zero-order valence-electron chi connectivity index (χ0n) is 17.8. The number of carbonyl (C=O) groups excluding carboxylic acids is 1. The first kappa shape index (κ1) is 22.5. The van der Waals surface area contributed by atoms with Crippen LogP contribution in [-0.2, 0) is 16.1 Å². The molecule has 13 heteroatoms. The topological polar surface area (TPSA) is 136 Å². The van der Waals surface area contributed by atoms with Crippen molar-refractivity contribution >= 4 is 66.7 Å². The Bertz CT molecular complexity index is 1360. The molecule has 11 nitrogen and oxygen atoms in total. The van der Waals surface area contributed by atoms with Crippen LogP contribution in [0.2, 0.25) is 0 Å². The number of aliphatic carboxylic acids is 1. The van der Waals surface area contributed by atoms with Crippen molar-refractivity contribution in [3.63, 3.8) is 0 Å². The van der Waals surface area contributed by atoms with Gasteiger partial charge in [-0.25, -0.2) is 9.67 Å². The van der Waals surface area contributed by atoms with Crippen LogP contribution in [0.15, 0.2) is 41.3 Å². The van der Waals surface area contributed by atoms with Gasteiger partial charge in [-0.15, -0.1) is 0 Å². The molecule has 3 aromatic heterocycles. The smallest absolute Gasteiger partial charge is 0.325 e. The van der Waals surface area contributed by atoms with Crippen molar-refractivity contribution in [2.75, 3.05) is 17.2 Å². The minimum atomic E-state index is -0.985. The van der Waals surface area contributed by atoms with Crippen molar-refractivity contribution in [3.8, 4) is 0 Å². The van der Waals surface area contributed by atoms with E-state index in [0.29, 0.717) is 28.1 Å². The average molecular weight is 546 g/mol. The number of nitrogens with one attached hydrogen (secondary N) is 2. The molecule has 0 aliphatic carbocycles. The van der Waals surface area contributed by atoms with Crippen molar-refractivity contribution in [1.29, 1.82) is 0 Å². The van der Waals surface area contributed by atoms with Gasteiger partial charge in [0, 0.05) is 28.7 Å². The number of carboxylic acid groups (broad SMARTS) is 1. The highest BCUT2D eigenvalue weighted by atomic mass is 79.9. The minimum Gasteiger partial charge on any atom is -0.480 e. The molecule has 176 valence electrons. The van der Waals surface area contributed by atoms with Crippen LogP contribution in [-0.4, -0.2) is 48.1 Å². The number of halogens is 1. The molecular weight excluding hydrogens is 526 g/mol. The predicted molar refractivity (Wildman–Crippen MR) is 129 cm³/mol.